The number of amides is 2. The van der Waals surface area contributed by atoms with Gasteiger partial charge in [-0.2, -0.15) is 0 Å². The molecule has 0 aromatic heterocycles. The smallest absolute Gasteiger partial charge is 0.239 e. The van der Waals surface area contributed by atoms with E-state index in [0.29, 0.717) is 18.9 Å². The van der Waals surface area contributed by atoms with Gasteiger partial charge in [-0.05, 0) is 24.3 Å². The van der Waals surface area contributed by atoms with Gasteiger partial charge in [-0.1, -0.05) is 30.3 Å². The Bertz CT molecular complexity index is 610. The Kier molecular flexibility index (Phi) is 7.92. The minimum atomic E-state index is -0.0653. The average Bonchev–Trinajstić information content (AvgIpc) is 2.68. The predicted octanol–water partition coefficient (Wildman–Crippen LogP) is 0.726. The number of benzene rings is 1. The molecule has 2 amide bonds. The summed E-state index contributed by atoms with van der Waals surface area (Å²) in [6.45, 7) is 2.39. The number of hydrogen-bond donors (Lipinski definition) is 3. The van der Waals surface area contributed by atoms with Crippen molar-refractivity contribution in [3.05, 3.63) is 35.9 Å². The highest BCUT2D eigenvalue weighted by molar-refractivity contribution is 5.86. The molecule has 0 bridgehead atoms. The molecule has 1 fully saturated rings. The second-order valence-corrected chi connectivity index (χ2v) is 6.47. The van der Waals surface area contributed by atoms with Crippen molar-refractivity contribution in [3.8, 4) is 0 Å². The molecule has 0 unspecified atom stereocenters. The number of likely N-dealkylation sites (tertiary alicyclic amines) is 1. The quantitative estimate of drug-likeness (QED) is 0.516. The lowest BCUT2D eigenvalue weighted by Gasteiger charge is -2.33. The molecular formula is C19H29N5O2. The Morgan fingerprint density at radius 2 is 1.81 bits per heavy atom. The van der Waals surface area contributed by atoms with E-state index in [-0.39, 0.29) is 18.4 Å². The Morgan fingerprint density at radius 1 is 1.12 bits per heavy atom. The maximum atomic E-state index is 12.0. The van der Waals surface area contributed by atoms with E-state index in [2.05, 4.69) is 25.8 Å². The van der Waals surface area contributed by atoms with E-state index < -0.39 is 0 Å². The number of rotatable bonds is 6. The lowest BCUT2D eigenvalue weighted by Crippen LogP contribution is -2.48. The highest BCUT2D eigenvalue weighted by Crippen LogP contribution is 2.20. The van der Waals surface area contributed by atoms with Gasteiger partial charge in [-0.3, -0.25) is 14.6 Å². The number of aliphatic imine (C=N–C) groups is 1. The molecule has 0 radical (unpaired) electrons. The van der Waals surface area contributed by atoms with Crippen LogP contribution >= 0.6 is 0 Å². The largest absolute Gasteiger partial charge is 0.359 e. The number of guanidine groups is 1. The molecule has 1 aromatic rings. The van der Waals surface area contributed by atoms with Gasteiger partial charge in [-0.15, -0.1) is 0 Å². The molecule has 0 spiro atoms. The summed E-state index contributed by atoms with van der Waals surface area (Å²) in [6, 6.07) is 9.82. The first-order valence-electron chi connectivity index (χ1n) is 9.09. The van der Waals surface area contributed by atoms with Crippen LogP contribution in [-0.2, 0) is 16.1 Å². The van der Waals surface area contributed by atoms with E-state index in [9.17, 15) is 9.59 Å². The fourth-order valence-electron chi connectivity index (χ4n) is 3.06. The molecule has 3 N–H and O–H groups in total. The van der Waals surface area contributed by atoms with Crippen LogP contribution < -0.4 is 16.0 Å². The molecule has 1 aliphatic rings. The molecule has 0 aliphatic carbocycles. The Balaban J connectivity index is 1.71. The zero-order valence-corrected chi connectivity index (χ0v) is 15.6. The number of carbonyl (C=O) groups is 2. The fraction of sp³-hybridized carbons (Fsp3) is 0.526. The highest BCUT2D eigenvalue weighted by Gasteiger charge is 2.23. The summed E-state index contributed by atoms with van der Waals surface area (Å²) in [5.74, 6) is 1.18. The topological polar surface area (TPSA) is 85.8 Å². The minimum Gasteiger partial charge on any atom is -0.359 e. The van der Waals surface area contributed by atoms with Crippen molar-refractivity contribution in [2.45, 2.75) is 25.8 Å². The lowest BCUT2D eigenvalue weighted by atomic mass is 9.93. The summed E-state index contributed by atoms with van der Waals surface area (Å²) in [6.07, 6.45) is 2.49. The molecule has 7 heteroatoms. The van der Waals surface area contributed by atoms with Crippen molar-refractivity contribution in [1.82, 2.24) is 20.9 Å². The van der Waals surface area contributed by atoms with Crippen molar-refractivity contribution in [2.75, 3.05) is 33.7 Å². The average molecular weight is 359 g/mol. The van der Waals surface area contributed by atoms with Crippen LogP contribution in [0.15, 0.2) is 35.3 Å². The highest BCUT2D eigenvalue weighted by atomic mass is 16.2. The number of nitrogens with one attached hydrogen (secondary N) is 3. The van der Waals surface area contributed by atoms with Gasteiger partial charge in [0.05, 0.1) is 6.54 Å². The lowest BCUT2D eigenvalue weighted by molar-refractivity contribution is -0.122. The van der Waals surface area contributed by atoms with Gasteiger partial charge in [-0.25, -0.2) is 0 Å². The van der Waals surface area contributed by atoms with E-state index >= 15 is 0 Å². The van der Waals surface area contributed by atoms with Crippen LogP contribution in [0.25, 0.3) is 0 Å². The summed E-state index contributed by atoms with van der Waals surface area (Å²) >= 11 is 0. The minimum absolute atomic E-state index is 0.0653. The molecule has 0 atom stereocenters. The van der Waals surface area contributed by atoms with Crippen LogP contribution in [0.5, 0.6) is 0 Å². The number of carbonyl (C=O) groups excluding carboxylic acids is 2. The van der Waals surface area contributed by atoms with Crippen LogP contribution in [0.3, 0.4) is 0 Å². The molecule has 2 rings (SSSR count). The van der Waals surface area contributed by atoms with E-state index in [1.54, 1.807) is 14.1 Å². The molecule has 1 aliphatic heterocycles. The second-order valence-electron chi connectivity index (χ2n) is 6.47. The molecular weight excluding hydrogens is 330 g/mol. The SMILES string of the molecule is CN=C(NCC(=O)NCc1ccccc1)N1CCC(CC(=O)NC)CC1. The summed E-state index contributed by atoms with van der Waals surface area (Å²) in [5, 5.41) is 8.70. The molecule has 7 nitrogen and oxygen atoms in total. The Hall–Kier alpha value is -2.57. The standard InChI is InChI=1S/C19H29N5O2/c1-20-17(25)12-15-8-10-24(11-9-15)19(21-2)23-14-18(26)22-13-16-6-4-3-5-7-16/h3-7,15H,8-14H2,1-2H3,(H,20,25)(H,21,23)(H,22,26). The van der Waals surface area contributed by atoms with Crippen molar-refractivity contribution < 1.29 is 9.59 Å². The summed E-state index contributed by atoms with van der Waals surface area (Å²) < 4.78 is 0. The number of piperidine rings is 1. The Labute approximate surface area is 155 Å². The molecule has 0 saturated carbocycles. The van der Waals surface area contributed by atoms with E-state index in [0.717, 1.165) is 37.5 Å². The maximum Gasteiger partial charge on any atom is 0.239 e. The maximum absolute atomic E-state index is 12.0. The van der Waals surface area contributed by atoms with Gasteiger partial charge in [0.25, 0.3) is 0 Å². The zero-order chi connectivity index (χ0) is 18.8. The summed E-state index contributed by atoms with van der Waals surface area (Å²) in [7, 11) is 3.40. The van der Waals surface area contributed by atoms with Crippen molar-refractivity contribution in [3.63, 3.8) is 0 Å². The monoisotopic (exact) mass is 359 g/mol. The normalized spacial score (nSPS) is 15.5. The molecule has 1 saturated heterocycles. The van der Waals surface area contributed by atoms with Crippen LogP contribution in [0.1, 0.15) is 24.8 Å². The molecule has 1 aromatic carbocycles. The third-order valence-electron chi connectivity index (χ3n) is 4.62. The fourth-order valence-corrected chi connectivity index (χ4v) is 3.06. The van der Waals surface area contributed by atoms with Crippen LogP contribution in [0.4, 0.5) is 0 Å². The first-order valence-corrected chi connectivity index (χ1v) is 9.09. The van der Waals surface area contributed by atoms with Crippen molar-refractivity contribution in [1.29, 1.82) is 0 Å². The summed E-state index contributed by atoms with van der Waals surface area (Å²) in [5.41, 5.74) is 1.07. The number of hydrogen-bond acceptors (Lipinski definition) is 3. The van der Waals surface area contributed by atoms with Crippen molar-refractivity contribution >= 4 is 17.8 Å². The van der Waals surface area contributed by atoms with Gasteiger partial charge in [0.15, 0.2) is 5.96 Å². The predicted molar refractivity (Wildman–Crippen MR) is 103 cm³/mol. The summed E-state index contributed by atoms with van der Waals surface area (Å²) in [4.78, 5) is 29.9. The first-order chi connectivity index (χ1) is 12.6. The second kappa shape index (κ2) is 10.4. The molecule has 1 heterocycles. The number of nitrogens with zero attached hydrogens (tertiary/aromatic N) is 2. The van der Waals surface area contributed by atoms with Crippen molar-refractivity contribution in [2.24, 2.45) is 10.9 Å². The van der Waals surface area contributed by atoms with Gasteiger partial charge in [0, 0.05) is 40.2 Å². The van der Waals surface area contributed by atoms with Gasteiger partial charge < -0.3 is 20.9 Å². The van der Waals surface area contributed by atoms with E-state index in [4.69, 9.17) is 0 Å². The first kappa shape index (κ1) is 19.8. The third kappa shape index (κ3) is 6.38. The van der Waals surface area contributed by atoms with Gasteiger partial charge in [0.2, 0.25) is 11.8 Å². The van der Waals surface area contributed by atoms with Crippen LogP contribution in [0.2, 0.25) is 0 Å². The molecule has 142 valence electrons. The van der Waals surface area contributed by atoms with Crippen LogP contribution in [-0.4, -0.2) is 56.4 Å². The third-order valence-corrected chi connectivity index (χ3v) is 4.62. The van der Waals surface area contributed by atoms with Gasteiger partial charge in [0.1, 0.15) is 0 Å². The molecule has 26 heavy (non-hydrogen) atoms. The van der Waals surface area contributed by atoms with E-state index in [1.807, 2.05) is 30.3 Å². The van der Waals surface area contributed by atoms with Crippen LogP contribution in [0, 0.1) is 5.92 Å². The Morgan fingerprint density at radius 3 is 2.42 bits per heavy atom. The zero-order valence-electron chi connectivity index (χ0n) is 15.6. The van der Waals surface area contributed by atoms with E-state index in [1.165, 1.54) is 0 Å². The van der Waals surface area contributed by atoms with Gasteiger partial charge >= 0.3 is 0 Å².